The number of pyridine rings is 1. The van der Waals surface area contributed by atoms with Gasteiger partial charge in [0, 0.05) is 31.5 Å². The summed E-state index contributed by atoms with van der Waals surface area (Å²) in [5, 5.41) is 8.78. The highest BCUT2D eigenvalue weighted by molar-refractivity contribution is 6.05. The van der Waals surface area contributed by atoms with Crippen molar-refractivity contribution in [3.8, 4) is 0 Å². The van der Waals surface area contributed by atoms with Crippen LogP contribution in [0, 0.1) is 6.92 Å². The Labute approximate surface area is 152 Å². The SMILES string of the molecule is CCCN1C(=O)NC(CC(=O)NCc2c(C)ncc3c2CCNC3)C1=O. The van der Waals surface area contributed by atoms with Crippen LogP contribution in [0.2, 0.25) is 0 Å². The zero-order valence-corrected chi connectivity index (χ0v) is 15.2. The van der Waals surface area contributed by atoms with E-state index in [1.807, 2.05) is 20.0 Å². The molecule has 1 fully saturated rings. The minimum absolute atomic E-state index is 0.0478. The van der Waals surface area contributed by atoms with E-state index < -0.39 is 12.1 Å². The number of carbonyl (C=O) groups excluding carboxylic acids is 3. The molecule has 0 aliphatic carbocycles. The number of hydrogen-bond donors (Lipinski definition) is 3. The zero-order chi connectivity index (χ0) is 18.7. The lowest BCUT2D eigenvalue weighted by atomic mass is 9.96. The molecule has 3 heterocycles. The summed E-state index contributed by atoms with van der Waals surface area (Å²) in [4.78, 5) is 41.9. The normalized spacial score (nSPS) is 19.3. The number of hydrogen-bond acceptors (Lipinski definition) is 5. The Hall–Kier alpha value is -2.48. The first-order valence-corrected chi connectivity index (χ1v) is 9.06. The molecule has 0 saturated carbocycles. The Morgan fingerprint density at radius 3 is 3.00 bits per heavy atom. The highest BCUT2D eigenvalue weighted by Crippen LogP contribution is 2.20. The van der Waals surface area contributed by atoms with Gasteiger partial charge in [-0.1, -0.05) is 6.92 Å². The van der Waals surface area contributed by atoms with E-state index in [2.05, 4.69) is 20.9 Å². The Bertz CT molecular complexity index is 734. The van der Waals surface area contributed by atoms with Crippen molar-refractivity contribution in [2.75, 3.05) is 13.1 Å². The highest BCUT2D eigenvalue weighted by atomic mass is 16.2. The molecule has 8 nitrogen and oxygen atoms in total. The lowest BCUT2D eigenvalue weighted by Crippen LogP contribution is -2.37. The van der Waals surface area contributed by atoms with Crippen molar-refractivity contribution < 1.29 is 14.4 Å². The topological polar surface area (TPSA) is 103 Å². The van der Waals surface area contributed by atoms with Crippen molar-refractivity contribution in [1.29, 1.82) is 0 Å². The van der Waals surface area contributed by atoms with Gasteiger partial charge < -0.3 is 16.0 Å². The minimum atomic E-state index is -0.776. The van der Waals surface area contributed by atoms with Crippen LogP contribution < -0.4 is 16.0 Å². The van der Waals surface area contributed by atoms with Crippen LogP contribution in [-0.2, 0) is 29.1 Å². The fraction of sp³-hybridized carbons (Fsp3) is 0.556. The van der Waals surface area contributed by atoms with Crippen molar-refractivity contribution in [2.45, 2.75) is 52.2 Å². The van der Waals surface area contributed by atoms with Crippen LogP contribution in [0.1, 0.15) is 42.1 Å². The molecule has 1 aromatic rings. The third-order valence-corrected chi connectivity index (χ3v) is 4.88. The van der Waals surface area contributed by atoms with Crippen molar-refractivity contribution in [3.63, 3.8) is 0 Å². The first-order valence-electron chi connectivity index (χ1n) is 9.06. The van der Waals surface area contributed by atoms with E-state index in [-0.39, 0.29) is 18.2 Å². The number of carbonyl (C=O) groups is 3. The van der Waals surface area contributed by atoms with Gasteiger partial charge in [0.2, 0.25) is 5.91 Å². The maximum absolute atomic E-state index is 12.3. The summed E-state index contributed by atoms with van der Waals surface area (Å²) in [6, 6.07) is -1.19. The number of aromatic nitrogens is 1. The molecule has 3 N–H and O–H groups in total. The van der Waals surface area contributed by atoms with E-state index in [1.54, 1.807) is 0 Å². The van der Waals surface area contributed by atoms with Gasteiger partial charge in [-0.15, -0.1) is 0 Å². The second-order valence-corrected chi connectivity index (χ2v) is 6.73. The largest absolute Gasteiger partial charge is 0.352 e. The quantitative estimate of drug-likeness (QED) is 0.637. The van der Waals surface area contributed by atoms with Gasteiger partial charge in [0.25, 0.3) is 5.91 Å². The second kappa shape index (κ2) is 7.82. The Balaban J connectivity index is 1.60. The second-order valence-electron chi connectivity index (χ2n) is 6.73. The molecule has 2 aliphatic heterocycles. The lowest BCUT2D eigenvalue weighted by molar-refractivity contribution is -0.130. The Morgan fingerprint density at radius 1 is 1.42 bits per heavy atom. The summed E-state index contributed by atoms with van der Waals surface area (Å²) in [6.45, 7) is 6.29. The van der Waals surface area contributed by atoms with Crippen molar-refractivity contribution in [3.05, 3.63) is 28.6 Å². The number of rotatable bonds is 6. The van der Waals surface area contributed by atoms with Gasteiger partial charge in [-0.25, -0.2) is 4.79 Å². The summed E-state index contributed by atoms with van der Waals surface area (Å²) >= 11 is 0. The van der Waals surface area contributed by atoms with Crippen LogP contribution in [0.25, 0.3) is 0 Å². The molecule has 0 radical (unpaired) electrons. The first kappa shape index (κ1) is 18.3. The van der Waals surface area contributed by atoms with Crippen LogP contribution in [-0.4, -0.2) is 46.9 Å². The number of fused-ring (bicyclic) bond motifs is 1. The summed E-state index contributed by atoms with van der Waals surface area (Å²) < 4.78 is 0. The summed E-state index contributed by atoms with van der Waals surface area (Å²) in [5.74, 6) is -0.582. The number of nitrogens with zero attached hydrogens (tertiary/aromatic N) is 2. The molecule has 1 atom stereocenters. The molecule has 0 bridgehead atoms. The standard InChI is InChI=1S/C18H25N5O3/c1-3-6-23-17(25)15(22-18(23)26)7-16(24)21-10-14-11(2)20-9-12-8-19-5-4-13(12)14/h9,15,19H,3-8,10H2,1-2H3,(H,21,24)(H,22,26). The van der Waals surface area contributed by atoms with Crippen molar-refractivity contribution >= 4 is 17.8 Å². The van der Waals surface area contributed by atoms with E-state index >= 15 is 0 Å². The zero-order valence-electron chi connectivity index (χ0n) is 15.2. The molecular formula is C18H25N5O3. The molecule has 4 amide bonds. The number of amides is 4. The Kier molecular flexibility index (Phi) is 5.51. The van der Waals surface area contributed by atoms with Crippen molar-refractivity contribution in [1.82, 2.24) is 25.8 Å². The molecule has 2 aliphatic rings. The Morgan fingerprint density at radius 2 is 2.23 bits per heavy atom. The van der Waals surface area contributed by atoms with E-state index in [9.17, 15) is 14.4 Å². The molecule has 0 spiro atoms. The third kappa shape index (κ3) is 3.70. The monoisotopic (exact) mass is 359 g/mol. The minimum Gasteiger partial charge on any atom is -0.352 e. The molecule has 140 valence electrons. The number of aryl methyl sites for hydroxylation is 1. The van der Waals surface area contributed by atoms with Gasteiger partial charge in [0.05, 0.1) is 6.42 Å². The molecule has 0 aromatic carbocycles. The maximum atomic E-state index is 12.3. The van der Waals surface area contributed by atoms with Gasteiger partial charge in [-0.3, -0.25) is 19.5 Å². The molecule has 26 heavy (non-hydrogen) atoms. The van der Waals surface area contributed by atoms with E-state index in [0.717, 1.165) is 30.8 Å². The smallest absolute Gasteiger partial charge is 0.324 e. The van der Waals surface area contributed by atoms with Gasteiger partial charge in [0.1, 0.15) is 6.04 Å². The fourth-order valence-electron chi connectivity index (χ4n) is 3.47. The van der Waals surface area contributed by atoms with Crippen LogP contribution in [0.15, 0.2) is 6.20 Å². The number of urea groups is 1. The maximum Gasteiger partial charge on any atom is 0.324 e. The van der Waals surface area contributed by atoms with E-state index in [4.69, 9.17) is 0 Å². The number of nitrogens with one attached hydrogen (secondary N) is 3. The third-order valence-electron chi connectivity index (χ3n) is 4.88. The molecule has 3 rings (SSSR count). The summed E-state index contributed by atoms with van der Waals surface area (Å²) in [5.41, 5.74) is 4.37. The average Bonchev–Trinajstić information content (AvgIpc) is 2.88. The predicted octanol–water partition coefficient (Wildman–Crippen LogP) is 0.372. The van der Waals surface area contributed by atoms with Gasteiger partial charge >= 0.3 is 6.03 Å². The number of imide groups is 1. The first-order chi connectivity index (χ1) is 12.5. The molecule has 1 aromatic heterocycles. The van der Waals surface area contributed by atoms with Crippen LogP contribution in [0.3, 0.4) is 0 Å². The van der Waals surface area contributed by atoms with Crippen LogP contribution >= 0.6 is 0 Å². The average molecular weight is 359 g/mol. The lowest BCUT2D eigenvalue weighted by Gasteiger charge is -2.21. The fourth-order valence-corrected chi connectivity index (χ4v) is 3.47. The van der Waals surface area contributed by atoms with Crippen LogP contribution in [0.5, 0.6) is 0 Å². The predicted molar refractivity (Wildman–Crippen MR) is 95.2 cm³/mol. The van der Waals surface area contributed by atoms with Gasteiger partial charge in [-0.2, -0.15) is 0 Å². The van der Waals surface area contributed by atoms with Crippen molar-refractivity contribution in [2.24, 2.45) is 0 Å². The molecule has 8 heteroatoms. The molecule has 1 unspecified atom stereocenters. The van der Waals surface area contributed by atoms with E-state index in [0.29, 0.717) is 19.5 Å². The van der Waals surface area contributed by atoms with Crippen LogP contribution in [0.4, 0.5) is 4.79 Å². The molecular weight excluding hydrogens is 334 g/mol. The highest BCUT2D eigenvalue weighted by Gasteiger charge is 2.38. The molecule has 1 saturated heterocycles. The summed E-state index contributed by atoms with van der Waals surface area (Å²) in [6.07, 6.45) is 3.44. The van der Waals surface area contributed by atoms with Gasteiger partial charge in [0.15, 0.2) is 0 Å². The summed E-state index contributed by atoms with van der Waals surface area (Å²) in [7, 11) is 0. The van der Waals surface area contributed by atoms with E-state index in [1.165, 1.54) is 16.0 Å². The van der Waals surface area contributed by atoms with Gasteiger partial charge in [-0.05, 0) is 43.0 Å².